The van der Waals surface area contributed by atoms with E-state index in [2.05, 4.69) is 22.2 Å². The molecule has 5 nitrogen and oxygen atoms in total. The molecule has 3 N–H and O–H groups in total. The Morgan fingerprint density at radius 3 is 2.81 bits per heavy atom. The highest BCUT2D eigenvalue weighted by Crippen LogP contribution is 2.26. The summed E-state index contributed by atoms with van der Waals surface area (Å²) in [7, 11) is 0. The summed E-state index contributed by atoms with van der Waals surface area (Å²) in [5.41, 5.74) is 3.64. The molecule has 110 valence electrons. The van der Waals surface area contributed by atoms with Crippen LogP contribution in [-0.2, 0) is 0 Å². The van der Waals surface area contributed by atoms with Gasteiger partial charge in [0.1, 0.15) is 11.6 Å². The zero-order valence-electron chi connectivity index (χ0n) is 12.0. The number of nitrogens with two attached hydrogens (primary N) is 1. The van der Waals surface area contributed by atoms with Crippen molar-refractivity contribution in [1.82, 2.24) is 9.97 Å². The van der Waals surface area contributed by atoms with E-state index in [1.54, 1.807) is 0 Å². The van der Waals surface area contributed by atoms with Crippen LogP contribution in [0.25, 0.3) is 11.4 Å². The number of hydrazine groups is 1. The molecule has 0 spiro atoms. The summed E-state index contributed by atoms with van der Waals surface area (Å²) in [5, 5.41) is 0.614. The lowest BCUT2D eigenvalue weighted by Gasteiger charge is -2.31. The number of anilines is 2. The van der Waals surface area contributed by atoms with E-state index in [0.717, 1.165) is 30.2 Å². The first kappa shape index (κ1) is 14.2. The minimum Gasteiger partial charge on any atom is -0.355 e. The average molecular weight is 301 g/mol. The molecule has 2 heterocycles. The van der Waals surface area contributed by atoms with Crippen molar-refractivity contribution in [2.75, 3.05) is 29.2 Å². The summed E-state index contributed by atoms with van der Waals surface area (Å²) in [6.45, 7) is 4.25. The number of nitrogens with zero attached hydrogens (tertiary/aromatic N) is 3. The molecule has 2 aromatic rings. The topological polar surface area (TPSA) is 67.1 Å². The summed E-state index contributed by atoms with van der Waals surface area (Å²) in [5.74, 6) is 8.96. The van der Waals surface area contributed by atoms with Crippen LogP contribution in [0.5, 0.6) is 0 Å². The highest BCUT2D eigenvalue weighted by Gasteiger charge is 2.19. The summed E-state index contributed by atoms with van der Waals surface area (Å²) < 4.78 is 0. The Morgan fingerprint density at radius 2 is 2.10 bits per heavy atom. The van der Waals surface area contributed by atoms with E-state index in [0.29, 0.717) is 16.9 Å². The van der Waals surface area contributed by atoms with E-state index in [-0.39, 0.29) is 0 Å². The van der Waals surface area contributed by atoms with Crippen molar-refractivity contribution in [1.29, 1.82) is 0 Å². The molecule has 0 saturated carbocycles. The Bertz CT molecular complexity index is 604. The van der Waals surface area contributed by atoms with Crippen molar-refractivity contribution in [2.24, 2.45) is 5.84 Å². The monoisotopic (exact) mass is 301 g/mol. The van der Waals surface area contributed by atoms with E-state index in [9.17, 15) is 0 Å². The lowest BCUT2D eigenvalue weighted by atomic mass is 10.2. The van der Waals surface area contributed by atoms with E-state index in [1.807, 2.05) is 48.2 Å². The van der Waals surface area contributed by atoms with Gasteiger partial charge in [-0.3, -0.25) is 0 Å². The van der Waals surface area contributed by atoms with E-state index in [1.165, 1.54) is 0 Å². The van der Waals surface area contributed by atoms with Crippen LogP contribution in [0.4, 0.5) is 11.6 Å². The molecule has 1 aromatic carbocycles. The lowest BCUT2D eigenvalue weighted by molar-refractivity contribution is 0.769. The van der Waals surface area contributed by atoms with Gasteiger partial charge in [0, 0.05) is 35.7 Å². The minimum absolute atomic E-state index is 0.614. The second-order valence-electron chi connectivity index (χ2n) is 5.07. The van der Waals surface area contributed by atoms with Gasteiger partial charge in [-0.1, -0.05) is 37.3 Å². The van der Waals surface area contributed by atoms with Crippen LogP contribution in [0, 0.1) is 0 Å². The molecule has 1 aliphatic rings. The fourth-order valence-electron chi connectivity index (χ4n) is 2.41. The van der Waals surface area contributed by atoms with Crippen LogP contribution >= 0.6 is 11.8 Å². The molecule has 3 rings (SSSR count). The number of benzene rings is 1. The standard InChI is InChI=1S/C15H19N5S/c1-11-10-20(7-8-21-11)14-9-13(19-16)17-15(18-14)12-5-3-2-4-6-12/h2-6,9,11H,7-8,10,16H2,1H3,(H,17,18,19). The molecule has 0 radical (unpaired) electrons. The summed E-state index contributed by atoms with van der Waals surface area (Å²) in [6, 6.07) is 11.9. The van der Waals surface area contributed by atoms with Crippen molar-refractivity contribution >= 4 is 23.4 Å². The number of nitrogen functional groups attached to an aromatic ring is 1. The van der Waals surface area contributed by atoms with Crippen molar-refractivity contribution in [3.05, 3.63) is 36.4 Å². The zero-order chi connectivity index (χ0) is 14.7. The predicted octanol–water partition coefficient (Wildman–Crippen LogP) is 2.37. The van der Waals surface area contributed by atoms with Gasteiger partial charge in [-0.15, -0.1) is 0 Å². The third-order valence-electron chi connectivity index (χ3n) is 3.46. The second-order valence-corrected chi connectivity index (χ2v) is 6.62. The normalized spacial score (nSPS) is 18.6. The third-order valence-corrected chi connectivity index (χ3v) is 4.59. The van der Waals surface area contributed by atoms with Gasteiger partial charge in [0.15, 0.2) is 5.82 Å². The Hall–Kier alpha value is -1.79. The molecular formula is C15H19N5S. The third kappa shape index (κ3) is 3.28. The first-order valence-electron chi connectivity index (χ1n) is 7.04. The Labute approximate surface area is 128 Å². The van der Waals surface area contributed by atoms with Gasteiger partial charge >= 0.3 is 0 Å². The predicted molar refractivity (Wildman–Crippen MR) is 89.4 cm³/mol. The van der Waals surface area contributed by atoms with E-state index >= 15 is 0 Å². The molecule has 0 amide bonds. The highest BCUT2D eigenvalue weighted by molar-refractivity contribution is 8.00. The molecule has 1 fully saturated rings. The van der Waals surface area contributed by atoms with Crippen LogP contribution in [0.2, 0.25) is 0 Å². The first-order chi connectivity index (χ1) is 10.3. The smallest absolute Gasteiger partial charge is 0.163 e. The summed E-state index contributed by atoms with van der Waals surface area (Å²) in [6.07, 6.45) is 0. The van der Waals surface area contributed by atoms with Crippen LogP contribution < -0.4 is 16.2 Å². The fraction of sp³-hybridized carbons (Fsp3) is 0.333. The maximum Gasteiger partial charge on any atom is 0.163 e. The Kier molecular flexibility index (Phi) is 4.26. The SMILES string of the molecule is CC1CN(c2cc(NN)nc(-c3ccccc3)n2)CCS1. The van der Waals surface area contributed by atoms with Gasteiger partial charge in [-0.2, -0.15) is 11.8 Å². The number of hydrogen-bond acceptors (Lipinski definition) is 6. The van der Waals surface area contributed by atoms with Crippen molar-refractivity contribution in [3.8, 4) is 11.4 Å². The van der Waals surface area contributed by atoms with Gasteiger partial charge in [0.05, 0.1) is 0 Å². The molecule has 0 bridgehead atoms. The number of thioether (sulfide) groups is 1. The number of rotatable bonds is 3. The van der Waals surface area contributed by atoms with Crippen LogP contribution in [0.3, 0.4) is 0 Å². The molecule has 1 unspecified atom stereocenters. The van der Waals surface area contributed by atoms with Crippen molar-refractivity contribution in [2.45, 2.75) is 12.2 Å². The van der Waals surface area contributed by atoms with E-state index in [4.69, 9.17) is 10.8 Å². The average Bonchev–Trinajstić information content (AvgIpc) is 2.55. The van der Waals surface area contributed by atoms with E-state index < -0.39 is 0 Å². The van der Waals surface area contributed by atoms with Gasteiger partial charge in [0.25, 0.3) is 0 Å². The van der Waals surface area contributed by atoms with Crippen LogP contribution in [0.1, 0.15) is 6.92 Å². The molecule has 6 heteroatoms. The molecule has 0 aliphatic carbocycles. The summed E-state index contributed by atoms with van der Waals surface area (Å²) in [4.78, 5) is 11.5. The Balaban J connectivity index is 1.97. The quantitative estimate of drug-likeness (QED) is 0.670. The molecular weight excluding hydrogens is 282 g/mol. The number of hydrogen-bond donors (Lipinski definition) is 2. The first-order valence-corrected chi connectivity index (χ1v) is 8.09. The van der Waals surface area contributed by atoms with Gasteiger partial charge < -0.3 is 10.3 Å². The zero-order valence-corrected chi connectivity index (χ0v) is 12.8. The minimum atomic E-state index is 0.614. The van der Waals surface area contributed by atoms with Crippen LogP contribution in [0.15, 0.2) is 36.4 Å². The number of nitrogens with one attached hydrogen (secondary N) is 1. The largest absolute Gasteiger partial charge is 0.355 e. The van der Waals surface area contributed by atoms with Crippen LogP contribution in [-0.4, -0.2) is 34.1 Å². The lowest BCUT2D eigenvalue weighted by Crippen LogP contribution is -2.37. The molecule has 1 saturated heterocycles. The van der Waals surface area contributed by atoms with Crippen molar-refractivity contribution in [3.63, 3.8) is 0 Å². The number of aromatic nitrogens is 2. The maximum absolute atomic E-state index is 5.56. The molecule has 1 aromatic heterocycles. The van der Waals surface area contributed by atoms with Gasteiger partial charge in [0.2, 0.25) is 0 Å². The molecule has 1 atom stereocenters. The highest BCUT2D eigenvalue weighted by atomic mass is 32.2. The molecule has 1 aliphatic heterocycles. The van der Waals surface area contributed by atoms with Gasteiger partial charge in [-0.05, 0) is 0 Å². The maximum atomic E-state index is 5.56. The summed E-state index contributed by atoms with van der Waals surface area (Å²) >= 11 is 2.00. The van der Waals surface area contributed by atoms with Crippen molar-refractivity contribution < 1.29 is 0 Å². The molecule has 21 heavy (non-hydrogen) atoms. The van der Waals surface area contributed by atoms with Gasteiger partial charge in [-0.25, -0.2) is 15.8 Å². The second kappa shape index (κ2) is 6.32. The Morgan fingerprint density at radius 1 is 1.29 bits per heavy atom. The fourth-order valence-corrected chi connectivity index (χ4v) is 3.43.